The fourth-order valence-electron chi connectivity index (χ4n) is 5.54. The lowest BCUT2D eigenvalue weighted by Gasteiger charge is -2.37. The number of para-hydroxylation sites is 1. The number of nitrogens with zero attached hydrogens (tertiary/aromatic N) is 3. The summed E-state index contributed by atoms with van der Waals surface area (Å²) in [6.07, 6.45) is 5.11. The van der Waals surface area contributed by atoms with E-state index in [2.05, 4.69) is 79.4 Å². The van der Waals surface area contributed by atoms with Gasteiger partial charge in [0, 0.05) is 12.6 Å². The van der Waals surface area contributed by atoms with Gasteiger partial charge in [-0.25, -0.2) is 0 Å². The Labute approximate surface area is 208 Å². The minimum atomic E-state index is 0.742. The second-order valence-electron chi connectivity index (χ2n) is 10.7. The van der Waals surface area contributed by atoms with Crippen molar-refractivity contribution in [3.8, 4) is 5.75 Å². The molecule has 0 aliphatic carbocycles. The van der Waals surface area contributed by atoms with E-state index in [0.717, 1.165) is 70.7 Å². The standard InChI is InChI=1S/C29H39N4O2/c1-31(2)16-10-15-30-27-23-11-6-7-12-25(23)32(3)28-24-21-22(13-14-26(24)35-29(27)28)34-20-19-33(4)17-8-5-9-18-33/h6-7,11-14,21H,5,8-10,15-20H2,1-4H3/q+1/p+1. The van der Waals surface area contributed by atoms with Gasteiger partial charge in [-0.1, -0.05) is 12.1 Å². The highest BCUT2D eigenvalue weighted by atomic mass is 16.5. The Kier molecular flexibility index (Phi) is 6.85. The molecule has 186 valence electrons. The molecule has 5 rings (SSSR count). The molecule has 0 saturated carbocycles. The van der Waals surface area contributed by atoms with Crippen LogP contribution < -0.4 is 14.6 Å². The third-order valence-electron chi connectivity index (χ3n) is 7.61. The molecule has 1 saturated heterocycles. The van der Waals surface area contributed by atoms with Crippen LogP contribution in [0.1, 0.15) is 25.7 Å². The summed E-state index contributed by atoms with van der Waals surface area (Å²) in [5, 5.41) is 5.98. The predicted octanol–water partition coefficient (Wildman–Crippen LogP) is 4.94. The van der Waals surface area contributed by atoms with Gasteiger partial charge in [-0.05, 0) is 70.6 Å². The van der Waals surface area contributed by atoms with Crippen molar-refractivity contribution in [2.24, 2.45) is 7.05 Å². The van der Waals surface area contributed by atoms with Crippen molar-refractivity contribution in [2.45, 2.75) is 25.7 Å². The van der Waals surface area contributed by atoms with Crippen molar-refractivity contribution in [3.05, 3.63) is 42.5 Å². The SMILES string of the molecule is CN(C)CCCNc1c2ccccc2[n+](C)c2c1oc1ccc(OCC[N+]3(C)CCCCC3)cc12. The van der Waals surface area contributed by atoms with Crippen molar-refractivity contribution in [2.75, 3.05) is 65.8 Å². The normalized spacial score (nSPS) is 15.9. The lowest BCUT2D eigenvalue weighted by atomic mass is 10.1. The van der Waals surface area contributed by atoms with Crippen LogP contribution >= 0.6 is 0 Å². The largest absolute Gasteiger partial charge is 0.488 e. The first-order chi connectivity index (χ1) is 17.0. The van der Waals surface area contributed by atoms with E-state index in [9.17, 15) is 0 Å². The second kappa shape index (κ2) is 10.0. The molecule has 1 fully saturated rings. The number of piperidine rings is 1. The first kappa shape index (κ1) is 23.9. The monoisotopic (exact) mass is 476 g/mol. The van der Waals surface area contributed by atoms with E-state index in [0.29, 0.717) is 0 Å². The smallest absolute Gasteiger partial charge is 0.261 e. The molecule has 0 unspecified atom stereocenters. The second-order valence-corrected chi connectivity index (χ2v) is 10.7. The molecule has 6 heteroatoms. The Balaban J connectivity index is 1.47. The summed E-state index contributed by atoms with van der Waals surface area (Å²) in [4.78, 5) is 2.22. The van der Waals surface area contributed by atoms with Gasteiger partial charge in [0.2, 0.25) is 11.1 Å². The summed E-state index contributed by atoms with van der Waals surface area (Å²) in [5.41, 5.74) is 5.17. The van der Waals surface area contributed by atoms with E-state index in [-0.39, 0.29) is 0 Å². The molecule has 0 atom stereocenters. The molecule has 0 amide bonds. The summed E-state index contributed by atoms with van der Waals surface area (Å²) in [5.74, 6) is 0.914. The number of hydrogen-bond donors (Lipinski definition) is 1. The Morgan fingerprint density at radius 3 is 2.66 bits per heavy atom. The topological polar surface area (TPSA) is 41.5 Å². The lowest BCUT2D eigenvalue weighted by molar-refractivity contribution is -0.914. The average Bonchev–Trinajstić information content (AvgIpc) is 3.23. The molecule has 3 heterocycles. The summed E-state index contributed by atoms with van der Waals surface area (Å²) < 4.78 is 16.1. The first-order valence-electron chi connectivity index (χ1n) is 13.1. The number of furan rings is 1. The summed E-state index contributed by atoms with van der Waals surface area (Å²) in [6.45, 7) is 6.28. The number of pyridine rings is 1. The minimum Gasteiger partial charge on any atom is -0.488 e. The van der Waals surface area contributed by atoms with Gasteiger partial charge in [-0.3, -0.25) is 0 Å². The minimum absolute atomic E-state index is 0.742. The molecule has 0 bridgehead atoms. The molecular formula is C29H40N4O2+2. The molecule has 2 aromatic heterocycles. The van der Waals surface area contributed by atoms with Gasteiger partial charge in [-0.15, -0.1) is 0 Å². The van der Waals surface area contributed by atoms with Crippen molar-refractivity contribution in [1.82, 2.24) is 4.90 Å². The van der Waals surface area contributed by atoms with Crippen LogP contribution in [0.15, 0.2) is 46.9 Å². The highest BCUT2D eigenvalue weighted by Gasteiger charge is 2.26. The number of likely N-dealkylation sites (tertiary alicyclic amines) is 1. The average molecular weight is 477 g/mol. The van der Waals surface area contributed by atoms with E-state index in [1.807, 2.05) is 6.07 Å². The van der Waals surface area contributed by atoms with Crippen molar-refractivity contribution < 1.29 is 18.2 Å². The van der Waals surface area contributed by atoms with Crippen LogP contribution in [0.5, 0.6) is 5.75 Å². The van der Waals surface area contributed by atoms with Gasteiger partial charge in [0.1, 0.15) is 31.5 Å². The number of benzene rings is 2. The molecular weight excluding hydrogens is 436 g/mol. The fourth-order valence-corrected chi connectivity index (χ4v) is 5.54. The molecule has 0 radical (unpaired) electrons. The number of aromatic nitrogens is 1. The van der Waals surface area contributed by atoms with E-state index >= 15 is 0 Å². The van der Waals surface area contributed by atoms with Gasteiger partial charge in [0.05, 0.1) is 36.6 Å². The Morgan fingerprint density at radius 1 is 1.06 bits per heavy atom. The molecule has 1 aliphatic rings. The number of aryl methyl sites for hydroxylation is 1. The van der Waals surface area contributed by atoms with Crippen LogP contribution in [0, 0.1) is 0 Å². The number of nitrogens with one attached hydrogen (secondary N) is 1. The zero-order valence-electron chi connectivity index (χ0n) is 21.8. The number of ether oxygens (including phenoxy) is 1. The summed E-state index contributed by atoms with van der Waals surface area (Å²) in [6, 6.07) is 14.8. The third-order valence-corrected chi connectivity index (χ3v) is 7.61. The molecule has 4 aromatic rings. The van der Waals surface area contributed by atoms with Crippen LogP contribution in [0.3, 0.4) is 0 Å². The zero-order chi connectivity index (χ0) is 24.4. The number of quaternary nitrogens is 1. The number of hydrogen-bond acceptors (Lipinski definition) is 4. The van der Waals surface area contributed by atoms with Gasteiger partial charge < -0.3 is 23.9 Å². The Bertz CT molecular complexity index is 1320. The Hall–Kier alpha value is -2.83. The predicted molar refractivity (Wildman–Crippen MR) is 144 cm³/mol. The molecule has 35 heavy (non-hydrogen) atoms. The number of rotatable bonds is 9. The van der Waals surface area contributed by atoms with E-state index in [4.69, 9.17) is 9.15 Å². The number of likely N-dealkylation sites (N-methyl/N-ethyl adjacent to an activating group) is 1. The third kappa shape index (κ3) is 4.95. The van der Waals surface area contributed by atoms with Gasteiger partial charge in [0.25, 0.3) is 5.52 Å². The fraction of sp³-hybridized carbons (Fsp3) is 0.483. The van der Waals surface area contributed by atoms with E-state index < -0.39 is 0 Å². The molecule has 1 N–H and O–H groups in total. The van der Waals surface area contributed by atoms with Crippen molar-refractivity contribution in [3.63, 3.8) is 0 Å². The number of anilines is 1. The number of fused-ring (bicyclic) bond motifs is 4. The first-order valence-corrected chi connectivity index (χ1v) is 13.1. The summed E-state index contributed by atoms with van der Waals surface area (Å²) in [7, 11) is 8.73. The van der Waals surface area contributed by atoms with E-state index in [1.165, 1.54) is 43.3 Å². The Morgan fingerprint density at radius 2 is 1.86 bits per heavy atom. The van der Waals surface area contributed by atoms with Gasteiger partial charge in [-0.2, -0.15) is 4.57 Å². The maximum absolute atomic E-state index is 6.47. The lowest BCUT2D eigenvalue weighted by Crippen LogP contribution is -2.50. The quantitative estimate of drug-likeness (QED) is 0.211. The molecule has 6 nitrogen and oxygen atoms in total. The maximum atomic E-state index is 6.47. The molecule has 1 aliphatic heterocycles. The van der Waals surface area contributed by atoms with Crippen molar-refractivity contribution >= 4 is 38.7 Å². The molecule has 0 spiro atoms. The molecule has 2 aromatic carbocycles. The van der Waals surface area contributed by atoms with E-state index in [1.54, 1.807) is 0 Å². The highest BCUT2D eigenvalue weighted by Crippen LogP contribution is 2.37. The van der Waals surface area contributed by atoms with Crippen LogP contribution in [0.2, 0.25) is 0 Å². The maximum Gasteiger partial charge on any atom is 0.261 e. The highest BCUT2D eigenvalue weighted by molar-refractivity contribution is 6.11. The van der Waals surface area contributed by atoms with Crippen LogP contribution in [-0.4, -0.2) is 69.9 Å². The van der Waals surface area contributed by atoms with Gasteiger partial charge >= 0.3 is 0 Å². The van der Waals surface area contributed by atoms with Crippen LogP contribution in [0.25, 0.3) is 33.0 Å². The van der Waals surface area contributed by atoms with Crippen LogP contribution in [0.4, 0.5) is 5.69 Å². The van der Waals surface area contributed by atoms with Crippen LogP contribution in [-0.2, 0) is 7.05 Å². The van der Waals surface area contributed by atoms with Gasteiger partial charge in [0.15, 0.2) is 0 Å². The van der Waals surface area contributed by atoms with Crippen molar-refractivity contribution in [1.29, 1.82) is 0 Å². The zero-order valence-corrected chi connectivity index (χ0v) is 21.8. The summed E-state index contributed by atoms with van der Waals surface area (Å²) >= 11 is 0.